The number of nitrogen functional groups attached to an aromatic ring is 1. The predicted molar refractivity (Wildman–Crippen MR) is 57.1 cm³/mol. The van der Waals surface area contributed by atoms with Crippen molar-refractivity contribution in [3.63, 3.8) is 0 Å². The molecule has 0 amide bonds. The summed E-state index contributed by atoms with van der Waals surface area (Å²) >= 11 is 0. The quantitative estimate of drug-likeness (QED) is 0.676. The van der Waals surface area contributed by atoms with Crippen molar-refractivity contribution in [2.75, 3.05) is 11.1 Å². The van der Waals surface area contributed by atoms with Gasteiger partial charge >= 0.3 is 0 Å². The molecule has 0 aliphatic heterocycles. The predicted octanol–water partition coefficient (Wildman–Crippen LogP) is 0.266. The third kappa shape index (κ3) is 2.06. The van der Waals surface area contributed by atoms with E-state index in [-0.39, 0.29) is 5.69 Å². The maximum absolute atomic E-state index is 8.75. The summed E-state index contributed by atoms with van der Waals surface area (Å²) in [6.07, 6.45) is 1.42. The molecule has 0 aliphatic rings. The van der Waals surface area contributed by atoms with E-state index in [1.54, 1.807) is 12.1 Å². The number of nitrogens with zero attached hydrogens (tertiary/aromatic N) is 4. The summed E-state index contributed by atoms with van der Waals surface area (Å²) in [6.45, 7) is 0.460. The van der Waals surface area contributed by atoms with Gasteiger partial charge < -0.3 is 11.1 Å². The SMILES string of the molecule is N#Cc1nc(NCc2ncn[nH]2)ccc1N. The van der Waals surface area contributed by atoms with Crippen molar-refractivity contribution in [2.45, 2.75) is 6.54 Å². The van der Waals surface area contributed by atoms with Gasteiger partial charge in [0.05, 0.1) is 12.2 Å². The molecule has 0 spiro atoms. The van der Waals surface area contributed by atoms with Gasteiger partial charge in [-0.05, 0) is 12.1 Å². The van der Waals surface area contributed by atoms with Crippen LogP contribution in [-0.4, -0.2) is 20.2 Å². The largest absolute Gasteiger partial charge is 0.396 e. The fourth-order valence-corrected chi connectivity index (χ4v) is 1.15. The molecule has 0 atom stereocenters. The second kappa shape index (κ2) is 4.27. The van der Waals surface area contributed by atoms with E-state index in [0.717, 1.165) is 0 Å². The lowest BCUT2D eigenvalue weighted by Crippen LogP contribution is -2.04. The smallest absolute Gasteiger partial charge is 0.165 e. The average molecular weight is 215 g/mol. The molecule has 2 heterocycles. The van der Waals surface area contributed by atoms with Crippen LogP contribution >= 0.6 is 0 Å². The lowest BCUT2D eigenvalue weighted by molar-refractivity contribution is 0.947. The van der Waals surface area contributed by atoms with Gasteiger partial charge in [0.15, 0.2) is 5.69 Å². The molecule has 4 N–H and O–H groups in total. The molecule has 0 fully saturated rings. The normalized spacial score (nSPS) is 9.69. The molecule has 2 aromatic rings. The Morgan fingerprint density at radius 2 is 2.38 bits per heavy atom. The Morgan fingerprint density at radius 1 is 1.50 bits per heavy atom. The van der Waals surface area contributed by atoms with Crippen molar-refractivity contribution in [1.29, 1.82) is 5.26 Å². The van der Waals surface area contributed by atoms with Crippen LogP contribution in [0, 0.1) is 11.3 Å². The minimum absolute atomic E-state index is 0.211. The van der Waals surface area contributed by atoms with E-state index in [4.69, 9.17) is 11.0 Å². The zero-order valence-electron chi connectivity index (χ0n) is 8.31. The maximum atomic E-state index is 8.75. The highest BCUT2D eigenvalue weighted by Gasteiger charge is 2.02. The maximum Gasteiger partial charge on any atom is 0.165 e. The van der Waals surface area contributed by atoms with Crippen molar-refractivity contribution in [3.8, 4) is 6.07 Å². The van der Waals surface area contributed by atoms with Crippen molar-refractivity contribution in [2.24, 2.45) is 0 Å². The first-order valence-corrected chi connectivity index (χ1v) is 4.54. The van der Waals surface area contributed by atoms with E-state index in [0.29, 0.717) is 23.9 Å². The zero-order chi connectivity index (χ0) is 11.4. The van der Waals surface area contributed by atoms with E-state index in [9.17, 15) is 0 Å². The molecule has 0 aromatic carbocycles. The number of hydrogen-bond acceptors (Lipinski definition) is 6. The number of H-pyrrole nitrogens is 1. The van der Waals surface area contributed by atoms with Crippen molar-refractivity contribution < 1.29 is 0 Å². The second-order valence-corrected chi connectivity index (χ2v) is 3.03. The fraction of sp³-hybridized carbons (Fsp3) is 0.111. The van der Waals surface area contributed by atoms with Gasteiger partial charge in [-0.15, -0.1) is 0 Å². The van der Waals surface area contributed by atoms with Gasteiger partial charge in [0, 0.05) is 0 Å². The summed E-state index contributed by atoms with van der Waals surface area (Å²) in [5, 5.41) is 18.2. The van der Waals surface area contributed by atoms with Crippen LogP contribution in [-0.2, 0) is 6.54 Å². The number of hydrogen-bond donors (Lipinski definition) is 3. The summed E-state index contributed by atoms with van der Waals surface area (Å²) in [5.41, 5.74) is 6.13. The molecule has 0 aliphatic carbocycles. The number of aromatic amines is 1. The first-order valence-electron chi connectivity index (χ1n) is 4.54. The third-order valence-electron chi connectivity index (χ3n) is 1.93. The summed E-state index contributed by atoms with van der Waals surface area (Å²) < 4.78 is 0. The van der Waals surface area contributed by atoms with Gasteiger partial charge in [-0.3, -0.25) is 5.10 Å². The van der Waals surface area contributed by atoms with Gasteiger partial charge in [-0.1, -0.05) is 0 Å². The van der Waals surface area contributed by atoms with Crippen molar-refractivity contribution in [1.82, 2.24) is 20.2 Å². The lowest BCUT2D eigenvalue weighted by Gasteiger charge is -2.04. The summed E-state index contributed by atoms with van der Waals surface area (Å²) in [6, 6.07) is 5.25. The Bertz CT molecular complexity index is 511. The van der Waals surface area contributed by atoms with Gasteiger partial charge in [0.2, 0.25) is 0 Å². The number of anilines is 2. The Kier molecular flexibility index (Phi) is 2.65. The monoisotopic (exact) mass is 215 g/mol. The number of nitriles is 1. The number of pyridine rings is 1. The molecule has 2 rings (SSSR count). The summed E-state index contributed by atoms with van der Waals surface area (Å²) in [4.78, 5) is 7.98. The lowest BCUT2D eigenvalue weighted by atomic mass is 10.3. The van der Waals surface area contributed by atoms with Gasteiger partial charge in [0.1, 0.15) is 24.0 Å². The minimum atomic E-state index is 0.211. The number of nitrogens with one attached hydrogen (secondary N) is 2. The van der Waals surface area contributed by atoms with Crippen LogP contribution in [0.3, 0.4) is 0 Å². The van der Waals surface area contributed by atoms with E-state index < -0.39 is 0 Å². The molecule has 0 unspecified atom stereocenters. The molecule has 7 heteroatoms. The third-order valence-corrected chi connectivity index (χ3v) is 1.93. The molecule has 80 valence electrons. The minimum Gasteiger partial charge on any atom is -0.396 e. The highest BCUT2D eigenvalue weighted by atomic mass is 15.2. The van der Waals surface area contributed by atoms with E-state index >= 15 is 0 Å². The molecule has 0 radical (unpaired) electrons. The molecule has 7 nitrogen and oxygen atoms in total. The average Bonchev–Trinajstić information content (AvgIpc) is 2.81. The topological polar surface area (TPSA) is 116 Å². The van der Waals surface area contributed by atoms with Gasteiger partial charge in [-0.25, -0.2) is 9.97 Å². The summed E-state index contributed by atoms with van der Waals surface area (Å²) in [7, 11) is 0. The standard InChI is InChI=1S/C9H9N7/c10-3-7-6(11)1-2-8(15-7)12-4-9-13-5-14-16-9/h1-2,5H,4,11H2,(H,12,15)(H,13,14,16). The molecule has 2 aromatic heterocycles. The summed E-state index contributed by atoms with van der Waals surface area (Å²) in [5.74, 6) is 1.26. The molecule has 16 heavy (non-hydrogen) atoms. The number of nitrogens with two attached hydrogens (primary N) is 1. The van der Waals surface area contributed by atoms with E-state index in [2.05, 4.69) is 25.5 Å². The first-order chi connectivity index (χ1) is 7.79. The van der Waals surface area contributed by atoms with Crippen LogP contribution in [0.4, 0.5) is 11.5 Å². The Balaban J connectivity index is 2.08. The molecular formula is C9H9N7. The van der Waals surface area contributed by atoms with Crippen LogP contribution < -0.4 is 11.1 Å². The highest BCUT2D eigenvalue weighted by molar-refractivity contribution is 5.54. The second-order valence-electron chi connectivity index (χ2n) is 3.03. The molecule has 0 bridgehead atoms. The Hall–Kier alpha value is -2.62. The van der Waals surface area contributed by atoms with Gasteiger partial charge in [-0.2, -0.15) is 10.4 Å². The fourth-order valence-electron chi connectivity index (χ4n) is 1.15. The van der Waals surface area contributed by atoms with Crippen LogP contribution in [0.15, 0.2) is 18.5 Å². The van der Waals surface area contributed by atoms with Crippen molar-refractivity contribution >= 4 is 11.5 Å². The van der Waals surface area contributed by atoms with Crippen LogP contribution in [0.25, 0.3) is 0 Å². The van der Waals surface area contributed by atoms with E-state index in [1.165, 1.54) is 6.33 Å². The van der Waals surface area contributed by atoms with Crippen LogP contribution in [0.5, 0.6) is 0 Å². The first kappa shape index (κ1) is 9.92. The number of aromatic nitrogens is 4. The van der Waals surface area contributed by atoms with Crippen LogP contribution in [0.2, 0.25) is 0 Å². The molecular weight excluding hydrogens is 206 g/mol. The Morgan fingerprint density at radius 3 is 3.06 bits per heavy atom. The molecule has 0 saturated carbocycles. The van der Waals surface area contributed by atoms with E-state index in [1.807, 2.05) is 6.07 Å². The zero-order valence-corrected chi connectivity index (χ0v) is 8.31. The van der Waals surface area contributed by atoms with Crippen molar-refractivity contribution in [3.05, 3.63) is 30.0 Å². The van der Waals surface area contributed by atoms with Gasteiger partial charge in [0.25, 0.3) is 0 Å². The highest BCUT2D eigenvalue weighted by Crippen LogP contribution is 2.12. The van der Waals surface area contributed by atoms with Crippen LogP contribution in [0.1, 0.15) is 11.5 Å². The molecule has 0 saturated heterocycles. The number of rotatable bonds is 3. The Labute approximate surface area is 91.3 Å².